The van der Waals surface area contributed by atoms with Crippen LogP contribution in [0.1, 0.15) is 60.9 Å². The van der Waals surface area contributed by atoms with Gasteiger partial charge in [0.15, 0.2) is 0 Å². The SMILES string of the molecule is NCCCCN(CC1CC(c2ccccc2)CN1)[C@H]1CCCc2cccnc21. The zero-order valence-corrected chi connectivity index (χ0v) is 16.9. The molecule has 1 saturated heterocycles. The molecule has 3 atom stereocenters. The van der Waals surface area contributed by atoms with Gasteiger partial charge in [-0.2, -0.15) is 0 Å². The molecule has 1 aliphatic heterocycles. The topological polar surface area (TPSA) is 54.2 Å². The Balaban J connectivity index is 1.45. The van der Waals surface area contributed by atoms with Gasteiger partial charge in [-0.05, 0) is 74.7 Å². The smallest absolute Gasteiger partial charge is 0.0607 e. The Morgan fingerprint density at radius 1 is 1.11 bits per heavy atom. The molecule has 2 aliphatic rings. The van der Waals surface area contributed by atoms with Crippen LogP contribution in [-0.2, 0) is 6.42 Å². The fourth-order valence-electron chi connectivity index (χ4n) is 4.99. The van der Waals surface area contributed by atoms with E-state index in [1.165, 1.54) is 48.9 Å². The quantitative estimate of drug-likeness (QED) is 0.689. The van der Waals surface area contributed by atoms with Gasteiger partial charge in [0, 0.05) is 25.3 Å². The molecule has 2 heterocycles. The van der Waals surface area contributed by atoms with Crippen LogP contribution < -0.4 is 11.1 Å². The summed E-state index contributed by atoms with van der Waals surface area (Å²) in [6.45, 7) is 4.09. The number of unbranched alkanes of at least 4 members (excludes halogenated alkanes) is 1. The largest absolute Gasteiger partial charge is 0.330 e. The third-order valence-corrected chi connectivity index (χ3v) is 6.45. The van der Waals surface area contributed by atoms with E-state index in [-0.39, 0.29) is 0 Å². The van der Waals surface area contributed by atoms with Crippen LogP contribution in [0.3, 0.4) is 0 Å². The number of nitrogens with two attached hydrogens (primary N) is 1. The molecule has 1 fully saturated rings. The normalized spacial score (nSPS) is 24.4. The van der Waals surface area contributed by atoms with Gasteiger partial charge in [-0.15, -0.1) is 0 Å². The summed E-state index contributed by atoms with van der Waals surface area (Å²) in [7, 11) is 0. The summed E-state index contributed by atoms with van der Waals surface area (Å²) in [5.41, 5.74) is 10.0. The van der Waals surface area contributed by atoms with E-state index in [9.17, 15) is 0 Å². The first-order chi connectivity index (χ1) is 13.8. The minimum Gasteiger partial charge on any atom is -0.330 e. The predicted octanol–water partition coefficient (Wildman–Crippen LogP) is 3.65. The molecule has 2 unspecified atom stereocenters. The number of benzene rings is 1. The summed E-state index contributed by atoms with van der Waals surface area (Å²) in [5, 5.41) is 3.80. The van der Waals surface area contributed by atoms with Crippen LogP contribution in [0.5, 0.6) is 0 Å². The number of hydrogen-bond donors (Lipinski definition) is 2. The Labute approximate surface area is 169 Å². The van der Waals surface area contributed by atoms with Crippen molar-refractivity contribution in [2.45, 2.75) is 56.5 Å². The lowest BCUT2D eigenvalue weighted by Crippen LogP contribution is -2.41. The Kier molecular flexibility index (Phi) is 6.73. The number of aryl methyl sites for hydroxylation is 1. The molecule has 0 saturated carbocycles. The van der Waals surface area contributed by atoms with E-state index in [1.54, 1.807) is 0 Å². The Morgan fingerprint density at radius 3 is 2.86 bits per heavy atom. The molecule has 2 aromatic rings. The molecule has 0 radical (unpaired) electrons. The fraction of sp³-hybridized carbons (Fsp3) is 0.542. The molecule has 4 rings (SSSR count). The summed E-state index contributed by atoms with van der Waals surface area (Å²) in [5.74, 6) is 0.633. The number of hydrogen-bond acceptors (Lipinski definition) is 4. The van der Waals surface area contributed by atoms with E-state index in [0.717, 1.165) is 32.6 Å². The van der Waals surface area contributed by atoms with E-state index in [4.69, 9.17) is 10.7 Å². The van der Waals surface area contributed by atoms with Gasteiger partial charge in [-0.3, -0.25) is 9.88 Å². The van der Waals surface area contributed by atoms with Crippen molar-refractivity contribution in [1.82, 2.24) is 15.2 Å². The van der Waals surface area contributed by atoms with Gasteiger partial charge in [0.25, 0.3) is 0 Å². The van der Waals surface area contributed by atoms with Crippen LogP contribution in [0.4, 0.5) is 0 Å². The van der Waals surface area contributed by atoms with Crippen molar-refractivity contribution in [1.29, 1.82) is 0 Å². The molecule has 1 aromatic carbocycles. The third kappa shape index (κ3) is 4.62. The lowest BCUT2D eigenvalue weighted by Gasteiger charge is -2.36. The Hall–Kier alpha value is -1.75. The number of fused-ring (bicyclic) bond motifs is 1. The maximum atomic E-state index is 5.77. The molecule has 4 heteroatoms. The van der Waals surface area contributed by atoms with Crippen LogP contribution >= 0.6 is 0 Å². The average molecular weight is 379 g/mol. The summed E-state index contributed by atoms with van der Waals surface area (Å²) >= 11 is 0. The molecule has 4 nitrogen and oxygen atoms in total. The number of nitrogens with one attached hydrogen (secondary N) is 1. The van der Waals surface area contributed by atoms with E-state index in [0.29, 0.717) is 18.0 Å². The number of nitrogens with zero attached hydrogens (tertiary/aromatic N) is 2. The molecule has 28 heavy (non-hydrogen) atoms. The Bertz CT molecular complexity index is 732. The fourth-order valence-corrected chi connectivity index (χ4v) is 4.99. The zero-order chi connectivity index (χ0) is 19.2. The van der Waals surface area contributed by atoms with Crippen molar-refractivity contribution in [2.75, 3.05) is 26.2 Å². The molecular weight excluding hydrogens is 344 g/mol. The molecule has 0 spiro atoms. The summed E-state index contributed by atoms with van der Waals surface area (Å²) in [4.78, 5) is 7.50. The summed E-state index contributed by atoms with van der Waals surface area (Å²) in [6.07, 6.45) is 9.12. The lowest BCUT2D eigenvalue weighted by molar-refractivity contribution is 0.157. The highest BCUT2D eigenvalue weighted by molar-refractivity contribution is 5.26. The van der Waals surface area contributed by atoms with Crippen molar-refractivity contribution in [3.8, 4) is 0 Å². The van der Waals surface area contributed by atoms with Crippen molar-refractivity contribution >= 4 is 0 Å². The van der Waals surface area contributed by atoms with Gasteiger partial charge in [-0.25, -0.2) is 0 Å². The summed E-state index contributed by atoms with van der Waals surface area (Å²) in [6, 6.07) is 16.3. The number of pyridine rings is 1. The van der Waals surface area contributed by atoms with Gasteiger partial charge >= 0.3 is 0 Å². The molecular formula is C24H34N4. The number of aromatic nitrogens is 1. The van der Waals surface area contributed by atoms with Gasteiger partial charge in [0.1, 0.15) is 0 Å². The zero-order valence-electron chi connectivity index (χ0n) is 16.9. The highest BCUT2D eigenvalue weighted by Gasteiger charge is 2.31. The standard InChI is InChI=1S/C24H34N4/c25-13-4-5-15-28(23-12-6-10-20-11-7-14-26-24(20)23)18-22-16-21(17-27-22)19-8-2-1-3-9-19/h1-3,7-9,11,14,21-23,27H,4-6,10,12-13,15-18,25H2/t21?,22?,23-/m0/s1. The minimum atomic E-state index is 0.459. The second-order valence-corrected chi connectivity index (χ2v) is 8.39. The van der Waals surface area contributed by atoms with Crippen LogP contribution in [-0.4, -0.2) is 42.1 Å². The van der Waals surface area contributed by atoms with E-state index >= 15 is 0 Å². The van der Waals surface area contributed by atoms with Crippen LogP contribution in [0, 0.1) is 0 Å². The second kappa shape index (κ2) is 9.64. The maximum absolute atomic E-state index is 5.77. The van der Waals surface area contributed by atoms with Crippen LogP contribution in [0.15, 0.2) is 48.7 Å². The average Bonchev–Trinajstić information content (AvgIpc) is 3.22. The van der Waals surface area contributed by atoms with E-state index in [1.807, 2.05) is 6.20 Å². The van der Waals surface area contributed by atoms with Gasteiger partial charge in [0.05, 0.1) is 11.7 Å². The maximum Gasteiger partial charge on any atom is 0.0607 e. The first-order valence-electron chi connectivity index (χ1n) is 11.0. The van der Waals surface area contributed by atoms with Gasteiger partial charge in [-0.1, -0.05) is 36.4 Å². The molecule has 0 amide bonds. The van der Waals surface area contributed by atoms with Crippen molar-refractivity contribution in [3.63, 3.8) is 0 Å². The first-order valence-corrected chi connectivity index (χ1v) is 11.0. The molecule has 0 bridgehead atoms. The molecule has 3 N–H and O–H groups in total. The Morgan fingerprint density at radius 2 is 2.00 bits per heavy atom. The third-order valence-electron chi connectivity index (χ3n) is 6.45. The van der Waals surface area contributed by atoms with Crippen LogP contribution in [0.2, 0.25) is 0 Å². The molecule has 1 aliphatic carbocycles. The van der Waals surface area contributed by atoms with Crippen molar-refractivity contribution in [2.24, 2.45) is 5.73 Å². The highest BCUT2D eigenvalue weighted by atomic mass is 15.2. The van der Waals surface area contributed by atoms with Gasteiger partial charge in [0.2, 0.25) is 0 Å². The minimum absolute atomic E-state index is 0.459. The van der Waals surface area contributed by atoms with Crippen LogP contribution in [0.25, 0.3) is 0 Å². The van der Waals surface area contributed by atoms with E-state index in [2.05, 4.69) is 52.7 Å². The summed E-state index contributed by atoms with van der Waals surface area (Å²) < 4.78 is 0. The number of rotatable bonds is 8. The molecule has 150 valence electrons. The van der Waals surface area contributed by atoms with E-state index < -0.39 is 0 Å². The first kappa shape index (κ1) is 19.6. The predicted molar refractivity (Wildman–Crippen MR) is 115 cm³/mol. The van der Waals surface area contributed by atoms with Crippen molar-refractivity contribution in [3.05, 3.63) is 65.5 Å². The lowest BCUT2D eigenvalue weighted by atomic mass is 9.90. The second-order valence-electron chi connectivity index (χ2n) is 8.39. The molecule has 1 aromatic heterocycles. The van der Waals surface area contributed by atoms with Gasteiger partial charge < -0.3 is 11.1 Å². The van der Waals surface area contributed by atoms with Crippen molar-refractivity contribution < 1.29 is 0 Å². The monoisotopic (exact) mass is 378 g/mol. The highest BCUT2D eigenvalue weighted by Crippen LogP contribution is 2.34.